The van der Waals surface area contributed by atoms with Crippen molar-refractivity contribution < 1.29 is 0 Å². The van der Waals surface area contributed by atoms with E-state index < -0.39 is 0 Å². The minimum absolute atomic E-state index is 0.286. The molecule has 0 spiro atoms. The van der Waals surface area contributed by atoms with Crippen molar-refractivity contribution >= 4 is 11.5 Å². The van der Waals surface area contributed by atoms with Crippen LogP contribution in [0.2, 0.25) is 0 Å². The third kappa shape index (κ3) is 1.31. The molecule has 10 heavy (non-hydrogen) atoms. The Morgan fingerprint density at radius 1 is 1.60 bits per heavy atom. The van der Waals surface area contributed by atoms with Crippen molar-refractivity contribution in [3.05, 3.63) is 10.8 Å². The number of nitrogens with zero attached hydrogens (tertiary/aromatic N) is 3. The predicted octanol–water partition coefficient (Wildman–Crippen LogP) is 1.53. The van der Waals surface area contributed by atoms with Gasteiger partial charge in [-0.3, -0.25) is 0 Å². The van der Waals surface area contributed by atoms with Gasteiger partial charge in [0.1, 0.15) is 11.1 Å². The van der Waals surface area contributed by atoms with Gasteiger partial charge in [0.05, 0.1) is 0 Å². The van der Waals surface area contributed by atoms with Crippen molar-refractivity contribution in [2.75, 3.05) is 0 Å². The molecule has 0 aliphatic rings. The summed E-state index contributed by atoms with van der Waals surface area (Å²) >= 11 is 1.30. The molecule has 0 atom stereocenters. The number of hydrogen-bond acceptors (Lipinski definition) is 4. The van der Waals surface area contributed by atoms with Crippen LogP contribution in [0.4, 0.5) is 0 Å². The molecule has 0 bridgehead atoms. The van der Waals surface area contributed by atoms with Gasteiger partial charge in [0.2, 0.25) is 5.82 Å². The predicted molar refractivity (Wildman–Crippen MR) is 38.7 cm³/mol. The lowest BCUT2D eigenvalue weighted by Gasteiger charge is -1.92. The van der Waals surface area contributed by atoms with E-state index in [-0.39, 0.29) is 5.82 Å². The van der Waals surface area contributed by atoms with Crippen LogP contribution in [0.3, 0.4) is 0 Å². The molecular formula is C6H7N3S. The first-order chi connectivity index (χ1) is 4.74. The normalized spacial score (nSPS) is 9.80. The van der Waals surface area contributed by atoms with E-state index in [1.807, 2.05) is 19.9 Å². The van der Waals surface area contributed by atoms with Crippen LogP contribution in [-0.2, 0) is 0 Å². The second-order valence-electron chi connectivity index (χ2n) is 2.22. The minimum Gasteiger partial charge on any atom is -0.211 e. The van der Waals surface area contributed by atoms with Gasteiger partial charge < -0.3 is 0 Å². The third-order valence-corrected chi connectivity index (χ3v) is 2.05. The largest absolute Gasteiger partial charge is 0.244 e. The summed E-state index contributed by atoms with van der Waals surface area (Å²) in [4.78, 5) is 3.97. The second kappa shape index (κ2) is 2.76. The van der Waals surface area contributed by atoms with Gasteiger partial charge in [-0.05, 0) is 11.5 Å². The Balaban J connectivity index is 2.91. The lowest BCUT2D eigenvalue weighted by Crippen LogP contribution is -1.84. The van der Waals surface area contributed by atoms with Crippen molar-refractivity contribution in [3.63, 3.8) is 0 Å². The first-order valence-electron chi connectivity index (χ1n) is 2.97. The molecule has 0 fully saturated rings. The minimum atomic E-state index is 0.286. The fourth-order valence-corrected chi connectivity index (χ4v) is 1.11. The van der Waals surface area contributed by atoms with Gasteiger partial charge in [0.25, 0.3) is 0 Å². The highest BCUT2D eigenvalue weighted by atomic mass is 32.1. The lowest BCUT2D eigenvalue weighted by atomic mass is 10.2. The molecule has 0 radical (unpaired) electrons. The Labute approximate surface area is 63.5 Å². The molecule has 1 aromatic rings. The maximum Gasteiger partial charge on any atom is 0.244 e. The molecule has 0 N–H and O–H groups in total. The lowest BCUT2D eigenvalue weighted by molar-refractivity contribution is 0.849. The molecule has 0 amide bonds. The van der Waals surface area contributed by atoms with E-state index in [0.29, 0.717) is 5.92 Å². The van der Waals surface area contributed by atoms with Crippen LogP contribution in [0.15, 0.2) is 0 Å². The van der Waals surface area contributed by atoms with E-state index in [4.69, 9.17) is 5.26 Å². The summed E-state index contributed by atoms with van der Waals surface area (Å²) in [7, 11) is 0. The van der Waals surface area contributed by atoms with E-state index in [1.54, 1.807) is 0 Å². The van der Waals surface area contributed by atoms with Gasteiger partial charge in [0.15, 0.2) is 0 Å². The number of nitriles is 1. The number of aromatic nitrogens is 2. The summed E-state index contributed by atoms with van der Waals surface area (Å²) in [6.07, 6.45) is 0. The van der Waals surface area contributed by atoms with Crippen molar-refractivity contribution in [3.8, 4) is 6.07 Å². The Hall–Kier alpha value is -0.950. The molecule has 0 saturated carbocycles. The Kier molecular flexibility index (Phi) is 1.97. The summed E-state index contributed by atoms with van der Waals surface area (Å²) < 4.78 is 3.83. The fourth-order valence-electron chi connectivity index (χ4n) is 0.515. The first kappa shape index (κ1) is 7.16. The SMILES string of the molecule is CC(C)c1nc(C#N)ns1. The fraction of sp³-hybridized carbons (Fsp3) is 0.500. The van der Waals surface area contributed by atoms with Crippen LogP contribution in [-0.4, -0.2) is 9.36 Å². The number of hydrogen-bond donors (Lipinski definition) is 0. The molecule has 0 unspecified atom stereocenters. The molecule has 1 rings (SSSR count). The maximum absolute atomic E-state index is 8.36. The smallest absolute Gasteiger partial charge is 0.211 e. The zero-order valence-electron chi connectivity index (χ0n) is 5.83. The third-order valence-electron chi connectivity index (χ3n) is 1.04. The highest BCUT2D eigenvalue weighted by Gasteiger charge is 2.05. The summed E-state index contributed by atoms with van der Waals surface area (Å²) in [6, 6.07) is 1.89. The van der Waals surface area contributed by atoms with Crippen LogP contribution in [0.25, 0.3) is 0 Å². The van der Waals surface area contributed by atoms with Crippen molar-refractivity contribution in [2.45, 2.75) is 19.8 Å². The molecule has 1 heterocycles. The molecule has 52 valence electrons. The molecule has 0 aromatic carbocycles. The van der Waals surface area contributed by atoms with Crippen LogP contribution >= 0.6 is 11.5 Å². The average molecular weight is 153 g/mol. The quantitative estimate of drug-likeness (QED) is 0.614. The van der Waals surface area contributed by atoms with Gasteiger partial charge in [-0.15, -0.1) is 0 Å². The molecular weight excluding hydrogens is 146 g/mol. The van der Waals surface area contributed by atoms with Crippen LogP contribution in [0.1, 0.15) is 30.6 Å². The van der Waals surface area contributed by atoms with Gasteiger partial charge in [-0.1, -0.05) is 13.8 Å². The average Bonchev–Trinajstić information content (AvgIpc) is 2.34. The number of rotatable bonds is 1. The summed E-state index contributed by atoms with van der Waals surface area (Å²) in [5.74, 6) is 0.660. The standard InChI is InChI=1S/C6H7N3S/c1-4(2)6-8-5(3-7)9-10-6/h4H,1-2H3. The highest BCUT2D eigenvalue weighted by Crippen LogP contribution is 2.15. The van der Waals surface area contributed by atoms with Crippen LogP contribution in [0.5, 0.6) is 0 Å². The zero-order valence-corrected chi connectivity index (χ0v) is 6.64. The topological polar surface area (TPSA) is 49.6 Å². The summed E-state index contributed by atoms with van der Waals surface area (Å²) in [5, 5.41) is 9.29. The van der Waals surface area contributed by atoms with Gasteiger partial charge in [-0.2, -0.15) is 9.64 Å². The molecule has 0 saturated heterocycles. The van der Waals surface area contributed by atoms with Crippen molar-refractivity contribution in [1.29, 1.82) is 5.26 Å². The monoisotopic (exact) mass is 153 g/mol. The van der Waals surface area contributed by atoms with Crippen LogP contribution in [0, 0.1) is 11.3 Å². The molecule has 0 aliphatic carbocycles. The Bertz CT molecular complexity index is 258. The van der Waals surface area contributed by atoms with Gasteiger partial charge in [0, 0.05) is 5.92 Å². The second-order valence-corrected chi connectivity index (χ2v) is 3.01. The maximum atomic E-state index is 8.36. The van der Waals surface area contributed by atoms with E-state index in [0.717, 1.165) is 5.01 Å². The summed E-state index contributed by atoms with van der Waals surface area (Å²) in [6.45, 7) is 4.06. The van der Waals surface area contributed by atoms with Crippen molar-refractivity contribution in [1.82, 2.24) is 9.36 Å². The Morgan fingerprint density at radius 3 is 2.60 bits per heavy atom. The van der Waals surface area contributed by atoms with E-state index >= 15 is 0 Å². The van der Waals surface area contributed by atoms with Crippen LogP contribution < -0.4 is 0 Å². The molecule has 0 aliphatic heterocycles. The Morgan fingerprint density at radius 2 is 2.30 bits per heavy atom. The molecule has 4 heteroatoms. The van der Waals surface area contributed by atoms with E-state index in [2.05, 4.69) is 9.36 Å². The molecule has 1 aromatic heterocycles. The van der Waals surface area contributed by atoms with E-state index in [1.165, 1.54) is 11.5 Å². The highest BCUT2D eigenvalue weighted by molar-refractivity contribution is 7.05. The van der Waals surface area contributed by atoms with Gasteiger partial charge in [-0.25, -0.2) is 4.98 Å². The van der Waals surface area contributed by atoms with Crippen molar-refractivity contribution in [2.24, 2.45) is 0 Å². The van der Waals surface area contributed by atoms with Gasteiger partial charge >= 0.3 is 0 Å². The summed E-state index contributed by atoms with van der Waals surface area (Å²) in [5.41, 5.74) is 0. The van der Waals surface area contributed by atoms with E-state index in [9.17, 15) is 0 Å². The zero-order chi connectivity index (χ0) is 7.56. The molecule has 3 nitrogen and oxygen atoms in total. The first-order valence-corrected chi connectivity index (χ1v) is 3.75.